The molecule has 2 aliphatic rings. The molecule has 0 saturated carbocycles. The lowest BCUT2D eigenvalue weighted by molar-refractivity contribution is 0.0337. The van der Waals surface area contributed by atoms with Gasteiger partial charge in [-0.25, -0.2) is 4.98 Å². The van der Waals surface area contributed by atoms with Gasteiger partial charge in [0.25, 0.3) is 0 Å². The van der Waals surface area contributed by atoms with Gasteiger partial charge < -0.3 is 24.0 Å². The highest BCUT2D eigenvalue weighted by atomic mass is 32.1. The number of methoxy groups -OCH3 is 1. The normalized spacial score (nSPS) is 16.9. The quantitative estimate of drug-likeness (QED) is 0.445. The molecule has 186 valence electrons. The van der Waals surface area contributed by atoms with E-state index in [0.29, 0.717) is 0 Å². The van der Waals surface area contributed by atoms with Crippen molar-refractivity contribution in [3.8, 4) is 5.75 Å². The van der Waals surface area contributed by atoms with E-state index in [-0.39, 0.29) is 0 Å². The number of ether oxygens (including phenoxy) is 3. The molecule has 3 heterocycles. The molecule has 2 aromatic carbocycles. The van der Waals surface area contributed by atoms with Crippen LogP contribution in [0.5, 0.6) is 5.75 Å². The van der Waals surface area contributed by atoms with Crippen LogP contribution < -0.4 is 14.5 Å². The van der Waals surface area contributed by atoms with Crippen molar-refractivity contribution < 1.29 is 14.2 Å². The van der Waals surface area contributed by atoms with Crippen molar-refractivity contribution in [2.24, 2.45) is 0 Å². The zero-order valence-electron chi connectivity index (χ0n) is 20.4. The van der Waals surface area contributed by atoms with Crippen LogP contribution in [0.3, 0.4) is 0 Å². The minimum absolute atomic E-state index is 0.767. The second kappa shape index (κ2) is 11.9. The minimum atomic E-state index is 0.767. The Labute approximate surface area is 211 Å². The number of anilines is 2. The first-order chi connectivity index (χ1) is 17.3. The largest absolute Gasteiger partial charge is 0.497 e. The third-order valence-electron chi connectivity index (χ3n) is 6.47. The molecule has 5 rings (SSSR count). The summed E-state index contributed by atoms with van der Waals surface area (Å²) in [4.78, 5) is 12.3. The monoisotopic (exact) mass is 494 g/mol. The van der Waals surface area contributed by atoms with Crippen molar-refractivity contribution in [1.82, 2.24) is 9.88 Å². The standard InChI is InChI=1S/C27H34N4O3S/c1-32-26-7-3-5-23(17-26)19-31(27-28-24(21-35-27)20-29-8-12-33-13-9-29)18-22-4-2-6-25(16-22)30-10-14-34-15-11-30/h2-7,16-17,21H,8-15,18-20H2,1H3. The summed E-state index contributed by atoms with van der Waals surface area (Å²) in [6, 6.07) is 17.2. The van der Waals surface area contributed by atoms with Gasteiger partial charge >= 0.3 is 0 Å². The second-order valence-electron chi connectivity index (χ2n) is 8.99. The first-order valence-corrected chi connectivity index (χ1v) is 13.2. The van der Waals surface area contributed by atoms with Gasteiger partial charge in [0.15, 0.2) is 5.13 Å². The van der Waals surface area contributed by atoms with E-state index in [9.17, 15) is 0 Å². The molecule has 3 aromatic rings. The smallest absolute Gasteiger partial charge is 0.186 e. The molecular weight excluding hydrogens is 460 g/mol. The molecule has 0 N–H and O–H groups in total. The van der Waals surface area contributed by atoms with Crippen LogP contribution in [-0.2, 0) is 29.1 Å². The molecule has 0 spiro atoms. The number of thiazole rings is 1. The fourth-order valence-electron chi connectivity index (χ4n) is 4.58. The third kappa shape index (κ3) is 6.52. The first-order valence-electron chi connectivity index (χ1n) is 12.3. The van der Waals surface area contributed by atoms with Gasteiger partial charge in [0.05, 0.1) is 39.2 Å². The van der Waals surface area contributed by atoms with Crippen LogP contribution >= 0.6 is 11.3 Å². The highest BCUT2D eigenvalue weighted by Gasteiger charge is 2.18. The zero-order chi connectivity index (χ0) is 23.9. The lowest BCUT2D eigenvalue weighted by Gasteiger charge is -2.29. The number of aromatic nitrogens is 1. The Bertz CT molecular complexity index is 1080. The molecule has 0 aliphatic carbocycles. The lowest BCUT2D eigenvalue weighted by atomic mass is 10.1. The van der Waals surface area contributed by atoms with Gasteiger partial charge in [-0.1, -0.05) is 24.3 Å². The van der Waals surface area contributed by atoms with E-state index in [1.54, 1.807) is 18.4 Å². The molecule has 0 radical (unpaired) electrons. The van der Waals surface area contributed by atoms with E-state index in [2.05, 4.69) is 62.5 Å². The van der Waals surface area contributed by atoms with Crippen LogP contribution in [0, 0.1) is 0 Å². The van der Waals surface area contributed by atoms with Gasteiger partial charge in [-0.2, -0.15) is 0 Å². The molecule has 7 nitrogen and oxygen atoms in total. The number of rotatable bonds is 9. The SMILES string of the molecule is COc1cccc(CN(Cc2cccc(N3CCOCC3)c2)c2nc(CN3CCOCC3)cs2)c1. The van der Waals surface area contributed by atoms with Crippen LogP contribution in [-0.4, -0.2) is 69.6 Å². The summed E-state index contributed by atoms with van der Waals surface area (Å²) < 4.78 is 16.5. The van der Waals surface area contributed by atoms with E-state index in [4.69, 9.17) is 19.2 Å². The number of nitrogens with zero attached hydrogens (tertiary/aromatic N) is 4. The highest BCUT2D eigenvalue weighted by molar-refractivity contribution is 7.13. The number of hydrogen-bond donors (Lipinski definition) is 0. The predicted molar refractivity (Wildman–Crippen MR) is 141 cm³/mol. The van der Waals surface area contributed by atoms with Crippen LogP contribution in [0.1, 0.15) is 16.8 Å². The zero-order valence-corrected chi connectivity index (χ0v) is 21.2. The number of morpholine rings is 2. The predicted octanol–water partition coefficient (Wildman–Crippen LogP) is 4.03. The molecule has 0 unspecified atom stereocenters. The number of hydrogen-bond acceptors (Lipinski definition) is 8. The van der Waals surface area contributed by atoms with E-state index < -0.39 is 0 Å². The van der Waals surface area contributed by atoms with Gasteiger partial charge in [0.1, 0.15) is 5.75 Å². The number of benzene rings is 2. The Kier molecular flexibility index (Phi) is 8.15. The van der Waals surface area contributed by atoms with Crippen LogP contribution in [0.25, 0.3) is 0 Å². The maximum Gasteiger partial charge on any atom is 0.186 e. The molecule has 2 fully saturated rings. The minimum Gasteiger partial charge on any atom is -0.497 e. The van der Waals surface area contributed by atoms with Crippen molar-refractivity contribution in [3.63, 3.8) is 0 Å². The Morgan fingerprint density at radius 2 is 1.60 bits per heavy atom. The fourth-order valence-corrected chi connectivity index (χ4v) is 5.40. The van der Waals surface area contributed by atoms with Crippen molar-refractivity contribution in [2.45, 2.75) is 19.6 Å². The molecule has 35 heavy (non-hydrogen) atoms. The summed E-state index contributed by atoms with van der Waals surface area (Å²) >= 11 is 1.73. The van der Waals surface area contributed by atoms with E-state index >= 15 is 0 Å². The second-order valence-corrected chi connectivity index (χ2v) is 9.82. The molecule has 0 bridgehead atoms. The van der Waals surface area contributed by atoms with Crippen LogP contribution in [0.4, 0.5) is 10.8 Å². The van der Waals surface area contributed by atoms with E-state index in [1.165, 1.54) is 16.8 Å². The van der Waals surface area contributed by atoms with Gasteiger partial charge in [-0.05, 0) is 35.4 Å². The van der Waals surface area contributed by atoms with Crippen molar-refractivity contribution in [2.75, 3.05) is 69.5 Å². The molecule has 2 saturated heterocycles. The average molecular weight is 495 g/mol. The summed E-state index contributed by atoms with van der Waals surface area (Å²) in [6.45, 7) is 9.43. The molecule has 2 aliphatic heterocycles. The third-order valence-corrected chi connectivity index (χ3v) is 7.42. The molecule has 0 amide bonds. The van der Waals surface area contributed by atoms with Gasteiger partial charge in [0.2, 0.25) is 0 Å². The van der Waals surface area contributed by atoms with Crippen LogP contribution in [0.15, 0.2) is 53.9 Å². The highest BCUT2D eigenvalue weighted by Crippen LogP contribution is 2.27. The Hall–Kier alpha value is -2.65. The molecular formula is C27H34N4O3S. The molecule has 8 heteroatoms. The summed E-state index contributed by atoms with van der Waals surface area (Å²) in [7, 11) is 1.72. The Morgan fingerprint density at radius 3 is 2.34 bits per heavy atom. The fraction of sp³-hybridized carbons (Fsp3) is 0.444. The molecule has 1 aromatic heterocycles. The van der Waals surface area contributed by atoms with Gasteiger partial charge in [0, 0.05) is 56.9 Å². The summed E-state index contributed by atoms with van der Waals surface area (Å²) in [5.41, 5.74) is 4.88. The maximum atomic E-state index is 5.54. The summed E-state index contributed by atoms with van der Waals surface area (Å²) in [5.74, 6) is 0.879. The van der Waals surface area contributed by atoms with Gasteiger partial charge in [-0.3, -0.25) is 4.90 Å². The van der Waals surface area contributed by atoms with E-state index in [0.717, 1.165) is 88.8 Å². The van der Waals surface area contributed by atoms with Crippen molar-refractivity contribution in [3.05, 3.63) is 70.7 Å². The molecule has 0 atom stereocenters. The average Bonchev–Trinajstić information content (AvgIpc) is 3.38. The van der Waals surface area contributed by atoms with E-state index in [1.807, 2.05) is 6.07 Å². The summed E-state index contributed by atoms with van der Waals surface area (Å²) in [6.07, 6.45) is 0. The summed E-state index contributed by atoms with van der Waals surface area (Å²) in [5, 5.41) is 3.25. The maximum absolute atomic E-state index is 5.54. The van der Waals surface area contributed by atoms with Crippen molar-refractivity contribution >= 4 is 22.2 Å². The van der Waals surface area contributed by atoms with Gasteiger partial charge in [-0.15, -0.1) is 11.3 Å². The topological polar surface area (TPSA) is 50.3 Å². The van der Waals surface area contributed by atoms with Crippen molar-refractivity contribution in [1.29, 1.82) is 0 Å². The Morgan fingerprint density at radius 1 is 0.914 bits per heavy atom. The first kappa shape index (κ1) is 24.1. The Balaban J connectivity index is 1.36. The lowest BCUT2D eigenvalue weighted by Crippen LogP contribution is -2.36. The van der Waals surface area contributed by atoms with Crippen LogP contribution in [0.2, 0.25) is 0 Å².